The van der Waals surface area contributed by atoms with Crippen LogP contribution in [0, 0.1) is 5.92 Å². The van der Waals surface area contributed by atoms with E-state index in [0.29, 0.717) is 50.0 Å². The molecule has 1 atom stereocenters. The first-order valence-corrected chi connectivity index (χ1v) is 10.00. The van der Waals surface area contributed by atoms with E-state index in [1.807, 2.05) is 35.7 Å². The van der Waals surface area contributed by atoms with Gasteiger partial charge in [-0.15, -0.1) is 11.3 Å². The average Bonchev–Trinajstić information content (AvgIpc) is 3.38. The molecule has 1 N–H and O–H groups in total. The van der Waals surface area contributed by atoms with Gasteiger partial charge in [0.1, 0.15) is 5.75 Å². The van der Waals surface area contributed by atoms with E-state index in [-0.39, 0.29) is 5.91 Å². The van der Waals surface area contributed by atoms with Crippen molar-refractivity contribution in [2.24, 2.45) is 5.92 Å². The normalized spacial score (nSPS) is 15.8. The molecule has 0 radical (unpaired) electrons. The number of aromatic nitrogens is 2. The molecule has 0 aliphatic carbocycles. The van der Waals surface area contributed by atoms with Crippen LogP contribution in [0.25, 0.3) is 10.7 Å². The summed E-state index contributed by atoms with van der Waals surface area (Å²) in [4.78, 5) is 17.5. The standard InChI is InChI=1S/C20H21N3O3S/c24-18(21-12-14-11-15-5-1-2-6-16(15)25-13-14)8-3-9-19-22-20(23-26-19)17-7-4-10-27-17/h1-2,4-7,10,14H,3,8-9,11-13H2,(H,21,24). The second-order valence-electron chi connectivity index (χ2n) is 6.64. The summed E-state index contributed by atoms with van der Waals surface area (Å²) >= 11 is 1.57. The van der Waals surface area contributed by atoms with Gasteiger partial charge >= 0.3 is 0 Å². The van der Waals surface area contributed by atoms with Gasteiger partial charge in [0.2, 0.25) is 17.6 Å². The first-order chi connectivity index (χ1) is 13.3. The van der Waals surface area contributed by atoms with Gasteiger partial charge < -0.3 is 14.6 Å². The minimum Gasteiger partial charge on any atom is -0.493 e. The van der Waals surface area contributed by atoms with Crippen molar-refractivity contribution < 1.29 is 14.1 Å². The van der Waals surface area contributed by atoms with Gasteiger partial charge in [-0.05, 0) is 35.9 Å². The molecule has 0 saturated carbocycles. The molecule has 140 valence electrons. The Labute approximate surface area is 161 Å². The maximum atomic E-state index is 12.1. The van der Waals surface area contributed by atoms with Crippen LogP contribution in [0.5, 0.6) is 5.75 Å². The summed E-state index contributed by atoms with van der Waals surface area (Å²) in [5.41, 5.74) is 1.21. The van der Waals surface area contributed by atoms with Crippen LogP contribution in [-0.2, 0) is 17.6 Å². The Morgan fingerprint density at radius 3 is 3.07 bits per heavy atom. The van der Waals surface area contributed by atoms with Crippen molar-refractivity contribution in [3.63, 3.8) is 0 Å². The first kappa shape index (κ1) is 17.7. The quantitative estimate of drug-likeness (QED) is 0.676. The fourth-order valence-corrected chi connectivity index (χ4v) is 3.78. The van der Waals surface area contributed by atoms with Crippen LogP contribution < -0.4 is 10.1 Å². The van der Waals surface area contributed by atoms with Crippen LogP contribution in [0.4, 0.5) is 0 Å². The first-order valence-electron chi connectivity index (χ1n) is 9.12. The average molecular weight is 383 g/mol. The number of carbonyl (C=O) groups is 1. The molecule has 0 bridgehead atoms. The van der Waals surface area contributed by atoms with Crippen LogP contribution in [0.15, 0.2) is 46.3 Å². The molecule has 6 nitrogen and oxygen atoms in total. The fourth-order valence-electron chi connectivity index (χ4n) is 3.13. The molecular weight excluding hydrogens is 362 g/mol. The van der Waals surface area contributed by atoms with E-state index in [4.69, 9.17) is 9.26 Å². The topological polar surface area (TPSA) is 77.2 Å². The molecule has 3 heterocycles. The highest BCUT2D eigenvalue weighted by Gasteiger charge is 2.20. The Morgan fingerprint density at radius 2 is 2.19 bits per heavy atom. The Kier molecular flexibility index (Phi) is 5.48. The molecular formula is C20H21N3O3S. The van der Waals surface area contributed by atoms with E-state index in [1.165, 1.54) is 5.56 Å². The monoisotopic (exact) mass is 383 g/mol. The second kappa shape index (κ2) is 8.35. The van der Waals surface area contributed by atoms with Crippen molar-refractivity contribution in [3.05, 3.63) is 53.2 Å². The van der Waals surface area contributed by atoms with Crippen LogP contribution >= 0.6 is 11.3 Å². The number of carbonyl (C=O) groups excluding carboxylic acids is 1. The van der Waals surface area contributed by atoms with E-state index in [0.717, 1.165) is 17.0 Å². The van der Waals surface area contributed by atoms with Gasteiger partial charge in [-0.2, -0.15) is 4.98 Å². The van der Waals surface area contributed by atoms with Gasteiger partial charge in [0.15, 0.2) is 0 Å². The summed E-state index contributed by atoms with van der Waals surface area (Å²) in [6, 6.07) is 12.0. The molecule has 4 rings (SSSR count). The Balaban J connectivity index is 1.17. The lowest BCUT2D eigenvalue weighted by Gasteiger charge is -2.25. The Morgan fingerprint density at radius 1 is 1.26 bits per heavy atom. The number of para-hydroxylation sites is 1. The second-order valence-corrected chi connectivity index (χ2v) is 7.58. The molecule has 7 heteroatoms. The molecule has 2 aromatic heterocycles. The molecule has 1 aliphatic heterocycles. The summed E-state index contributed by atoms with van der Waals surface area (Å²) in [6.07, 6.45) is 2.67. The molecule has 1 aliphatic rings. The highest BCUT2D eigenvalue weighted by molar-refractivity contribution is 7.13. The van der Waals surface area contributed by atoms with Crippen molar-refractivity contribution in [3.8, 4) is 16.5 Å². The van der Waals surface area contributed by atoms with Gasteiger partial charge in [-0.1, -0.05) is 29.4 Å². The largest absolute Gasteiger partial charge is 0.493 e. The summed E-state index contributed by atoms with van der Waals surface area (Å²) < 4.78 is 11.0. The number of fused-ring (bicyclic) bond motifs is 1. The summed E-state index contributed by atoms with van der Waals surface area (Å²) in [6.45, 7) is 1.28. The molecule has 3 aromatic rings. The zero-order chi connectivity index (χ0) is 18.5. The number of hydrogen-bond acceptors (Lipinski definition) is 6. The number of ether oxygens (including phenoxy) is 1. The lowest BCUT2D eigenvalue weighted by atomic mass is 9.97. The predicted octanol–water partition coefficient (Wildman–Crippen LogP) is 3.49. The molecule has 0 spiro atoms. The maximum Gasteiger partial charge on any atom is 0.226 e. The zero-order valence-electron chi connectivity index (χ0n) is 14.9. The van der Waals surface area contributed by atoms with Crippen molar-refractivity contribution in [2.45, 2.75) is 25.7 Å². The van der Waals surface area contributed by atoms with E-state index in [1.54, 1.807) is 11.3 Å². The molecule has 1 amide bonds. The van der Waals surface area contributed by atoms with E-state index >= 15 is 0 Å². The number of nitrogens with one attached hydrogen (secondary N) is 1. The lowest BCUT2D eigenvalue weighted by Crippen LogP contribution is -2.34. The summed E-state index contributed by atoms with van der Waals surface area (Å²) in [7, 11) is 0. The Bertz CT molecular complexity index is 892. The number of rotatable bonds is 7. The van der Waals surface area contributed by atoms with Crippen molar-refractivity contribution in [1.29, 1.82) is 0 Å². The highest BCUT2D eigenvalue weighted by Crippen LogP contribution is 2.26. The number of hydrogen-bond donors (Lipinski definition) is 1. The van der Waals surface area contributed by atoms with E-state index in [2.05, 4.69) is 21.5 Å². The summed E-state index contributed by atoms with van der Waals surface area (Å²) in [5, 5.41) is 8.97. The fraction of sp³-hybridized carbons (Fsp3) is 0.350. The van der Waals surface area contributed by atoms with Crippen molar-refractivity contribution in [1.82, 2.24) is 15.5 Å². The predicted molar refractivity (Wildman–Crippen MR) is 103 cm³/mol. The zero-order valence-corrected chi connectivity index (χ0v) is 15.7. The molecule has 0 fully saturated rings. The van der Waals surface area contributed by atoms with Crippen LogP contribution in [0.1, 0.15) is 24.3 Å². The number of benzene rings is 1. The van der Waals surface area contributed by atoms with Crippen LogP contribution in [0.2, 0.25) is 0 Å². The van der Waals surface area contributed by atoms with E-state index < -0.39 is 0 Å². The number of thiophene rings is 1. The number of nitrogens with zero attached hydrogens (tertiary/aromatic N) is 2. The van der Waals surface area contributed by atoms with Gasteiger partial charge in [0.25, 0.3) is 0 Å². The number of amides is 1. The highest BCUT2D eigenvalue weighted by atomic mass is 32.1. The van der Waals surface area contributed by atoms with Gasteiger partial charge in [0, 0.05) is 25.3 Å². The minimum absolute atomic E-state index is 0.0480. The van der Waals surface area contributed by atoms with E-state index in [9.17, 15) is 4.79 Å². The third-order valence-electron chi connectivity index (χ3n) is 4.55. The Hall–Kier alpha value is -2.67. The third-order valence-corrected chi connectivity index (χ3v) is 5.41. The van der Waals surface area contributed by atoms with Crippen molar-refractivity contribution in [2.75, 3.05) is 13.2 Å². The minimum atomic E-state index is 0.0480. The van der Waals surface area contributed by atoms with Crippen LogP contribution in [-0.4, -0.2) is 29.2 Å². The third kappa shape index (κ3) is 4.54. The van der Waals surface area contributed by atoms with Gasteiger partial charge in [-0.25, -0.2) is 0 Å². The summed E-state index contributed by atoms with van der Waals surface area (Å²) in [5.74, 6) is 2.51. The maximum absolute atomic E-state index is 12.1. The van der Waals surface area contributed by atoms with Crippen LogP contribution in [0.3, 0.4) is 0 Å². The molecule has 0 saturated heterocycles. The van der Waals surface area contributed by atoms with Gasteiger partial charge in [-0.3, -0.25) is 4.79 Å². The number of aryl methyl sites for hydroxylation is 1. The molecule has 1 aromatic carbocycles. The van der Waals surface area contributed by atoms with Crippen molar-refractivity contribution >= 4 is 17.2 Å². The molecule has 1 unspecified atom stereocenters. The molecule has 27 heavy (non-hydrogen) atoms. The SMILES string of the molecule is O=C(CCCc1nc(-c2cccs2)no1)NCC1COc2ccccc2C1. The smallest absolute Gasteiger partial charge is 0.226 e. The van der Waals surface area contributed by atoms with Gasteiger partial charge in [0.05, 0.1) is 11.5 Å². The lowest BCUT2D eigenvalue weighted by molar-refractivity contribution is -0.121.